The van der Waals surface area contributed by atoms with Crippen molar-refractivity contribution in [2.24, 2.45) is 0 Å². The molecule has 0 saturated heterocycles. The Morgan fingerprint density at radius 2 is 0.329 bits per heavy atom. The van der Waals surface area contributed by atoms with Crippen LogP contribution in [0.15, 0.2) is 0 Å². The van der Waals surface area contributed by atoms with Crippen molar-refractivity contribution in [2.45, 2.75) is 449 Å². The summed E-state index contributed by atoms with van der Waals surface area (Å²) in [6, 6.07) is 0. The largest absolute Gasteiger partial charge is 0.390 e. The van der Waals surface area contributed by atoms with Crippen LogP contribution in [0.1, 0.15) is 413 Å². The zero-order valence-electron chi connectivity index (χ0n) is 52.4. The summed E-state index contributed by atoms with van der Waals surface area (Å²) in [4.78, 5) is 0. The van der Waals surface area contributed by atoms with E-state index in [9.17, 15) is 30.6 Å². The van der Waals surface area contributed by atoms with Gasteiger partial charge in [-0.2, -0.15) is 0 Å². The summed E-state index contributed by atoms with van der Waals surface area (Å²) in [7, 11) is 0. The Bertz CT molecular complexity index is 1020. The van der Waals surface area contributed by atoms with Crippen LogP contribution in [-0.2, 0) is 0 Å². The molecular weight excluding hydrogens is 937 g/mol. The first-order chi connectivity index (χ1) is 37.1. The molecule has 76 heavy (non-hydrogen) atoms. The molecule has 0 saturated carbocycles. The average Bonchev–Trinajstić information content (AvgIpc) is 3.42. The van der Waals surface area contributed by atoms with Crippen LogP contribution in [0.2, 0.25) is 0 Å². The van der Waals surface area contributed by atoms with Crippen molar-refractivity contribution in [1.29, 1.82) is 0 Å². The van der Waals surface area contributed by atoms with E-state index in [2.05, 4.69) is 27.7 Å². The zero-order valence-corrected chi connectivity index (χ0v) is 52.4. The molecule has 0 aliphatic heterocycles. The molecule has 0 rings (SSSR count). The van der Waals surface area contributed by atoms with Crippen molar-refractivity contribution in [3.8, 4) is 0 Å². The lowest BCUT2D eigenvalue weighted by molar-refractivity contribution is -0.238. The van der Waals surface area contributed by atoms with Crippen LogP contribution >= 0.6 is 0 Å². The molecule has 6 heteroatoms. The second-order valence-corrected chi connectivity index (χ2v) is 25.4. The van der Waals surface area contributed by atoms with Crippen LogP contribution < -0.4 is 0 Å². The highest BCUT2D eigenvalue weighted by Crippen LogP contribution is 2.36. The fourth-order valence-electron chi connectivity index (χ4n) is 12.3. The smallest absolute Gasteiger partial charge is 0.119 e. The van der Waals surface area contributed by atoms with Gasteiger partial charge in [0.25, 0.3) is 0 Å². The van der Waals surface area contributed by atoms with E-state index in [1.807, 2.05) is 0 Å². The predicted molar refractivity (Wildman–Crippen MR) is 334 cm³/mol. The number of rotatable bonds is 65. The van der Waals surface area contributed by atoms with Crippen molar-refractivity contribution < 1.29 is 30.6 Å². The molecule has 0 heterocycles. The minimum Gasteiger partial charge on any atom is -0.390 e. The summed E-state index contributed by atoms with van der Waals surface area (Å²) < 4.78 is 0. The molecular formula is C70H142O6. The number of aliphatic hydroxyl groups excluding tert-OH is 4. The molecule has 6 N–H and O–H groups in total. The fraction of sp³-hybridized carbons (Fsp3) is 1.00. The fourth-order valence-corrected chi connectivity index (χ4v) is 12.3. The first-order valence-corrected chi connectivity index (χ1v) is 35.3. The third kappa shape index (κ3) is 44.4. The van der Waals surface area contributed by atoms with Gasteiger partial charge in [0.05, 0.1) is 12.2 Å². The van der Waals surface area contributed by atoms with Gasteiger partial charge >= 0.3 is 0 Å². The average molecular weight is 1080 g/mol. The van der Waals surface area contributed by atoms with Crippen molar-refractivity contribution in [2.75, 3.05) is 0 Å². The van der Waals surface area contributed by atoms with Crippen molar-refractivity contribution >= 4 is 0 Å². The molecule has 2 unspecified atom stereocenters. The third-order valence-electron chi connectivity index (χ3n) is 18.0. The molecule has 0 bridgehead atoms. The van der Waals surface area contributed by atoms with Crippen molar-refractivity contribution in [1.82, 2.24) is 0 Å². The summed E-state index contributed by atoms with van der Waals surface area (Å²) >= 11 is 0. The standard InChI is InChI=1S/C70H142O6/c1-5-9-13-17-21-25-29-33-37-41-45-49-53-57-61-65(71)69(75,63-59-55-51-47-43-39-35-31-27-23-19-15-11-7-3)67(73)68(74)70(76,64-60-56-52-48-44-40-36-32-28-24-20-16-12-8-4)66(72)62-58-54-50-46-42-38-34-30-26-22-18-14-10-6-2/h65-68,71-76H,5-64H2,1-4H3/t65?,66?,67-,68-,69+,70+/m0/s1. The molecule has 0 spiro atoms. The molecule has 458 valence electrons. The van der Waals surface area contributed by atoms with Gasteiger partial charge < -0.3 is 30.6 Å². The van der Waals surface area contributed by atoms with E-state index in [0.717, 1.165) is 77.0 Å². The van der Waals surface area contributed by atoms with E-state index in [1.165, 1.54) is 270 Å². The topological polar surface area (TPSA) is 121 Å². The van der Waals surface area contributed by atoms with Crippen molar-refractivity contribution in [3.63, 3.8) is 0 Å². The molecule has 0 aliphatic rings. The molecule has 0 radical (unpaired) electrons. The second-order valence-electron chi connectivity index (χ2n) is 25.4. The van der Waals surface area contributed by atoms with Crippen LogP contribution in [0.4, 0.5) is 0 Å². The van der Waals surface area contributed by atoms with Gasteiger partial charge in [0.15, 0.2) is 0 Å². The summed E-state index contributed by atoms with van der Waals surface area (Å²) in [5, 5.41) is 73.1. The molecule has 0 aromatic heterocycles. The Kier molecular flexibility index (Phi) is 57.8. The van der Waals surface area contributed by atoms with Gasteiger partial charge in [-0.1, -0.05) is 387 Å². The Morgan fingerprint density at radius 3 is 0.487 bits per heavy atom. The number of unbranched alkanes of at least 4 members (excludes halogenated alkanes) is 52. The molecule has 0 aromatic carbocycles. The van der Waals surface area contributed by atoms with Crippen LogP contribution in [0.25, 0.3) is 0 Å². The third-order valence-corrected chi connectivity index (χ3v) is 18.0. The van der Waals surface area contributed by atoms with Crippen LogP contribution in [0, 0.1) is 0 Å². The molecule has 0 amide bonds. The molecule has 0 aromatic rings. The lowest BCUT2D eigenvalue weighted by Gasteiger charge is -2.46. The van der Waals surface area contributed by atoms with Crippen LogP contribution in [-0.4, -0.2) is 66.3 Å². The quantitative estimate of drug-likeness (QED) is 0.0338. The zero-order chi connectivity index (χ0) is 55.7. The van der Waals surface area contributed by atoms with Crippen LogP contribution in [0.3, 0.4) is 0 Å². The van der Waals surface area contributed by atoms with E-state index in [0.29, 0.717) is 25.7 Å². The lowest BCUT2D eigenvalue weighted by Crippen LogP contribution is -2.65. The minimum atomic E-state index is -1.98. The maximum absolute atomic E-state index is 12.5. The van der Waals surface area contributed by atoms with E-state index in [-0.39, 0.29) is 12.8 Å². The highest BCUT2D eigenvalue weighted by atomic mass is 16.4. The van der Waals surface area contributed by atoms with E-state index < -0.39 is 35.6 Å². The molecule has 0 fully saturated rings. The van der Waals surface area contributed by atoms with Gasteiger partial charge in [-0.3, -0.25) is 0 Å². The molecule has 6 atom stereocenters. The van der Waals surface area contributed by atoms with E-state index >= 15 is 0 Å². The highest BCUT2D eigenvalue weighted by molar-refractivity contribution is 5.05. The Hall–Kier alpha value is -0.240. The lowest BCUT2D eigenvalue weighted by atomic mass is 9.73. The summed E-state index contributed by atoms with van der Waals surface area (Å²) in [6.45, 7) is 9.10. The number of hydrogen-bond acceptors (Lipinski definition) is 6. The van der Waals surface area contributed by atoms with Gasteiger partial charge in [0.2, 0.25) is 0 Å². The monoisotopic (exact) mass is 1080 g/mol. The van der Waals surface area contributed by atoms with Gasteiger partial charge in [-0.15, -0.1) is 0 Å². The van der Waals surface area contributed by atoms with Gasteiger partial charge in [0.1, 0.15) is 23.4 Å². The highest BCUT2D eigenvalue weighted by Gasteiger charge is 2.53. The predicted octanol–water partition coefficient (Wildman–Crippen LogP) is 21.4. The Morgan fingerprint density at radius 1 is 0.197 bits per heavy atom. The van der Waals surface area contributed by atoms with Crippen molar-refractivity contribution in [3.05, 3.63) is 0 Å². The Labute approximate surface area is 477 Å². The Balaban J connectivity index is 5.56. The number of hydrogen-bond donors (Lipinski definition) is 6. The van der Waals surface area contributed by atoms with Gasteiger partial charge in [-0.25, -0.2) is 0 Å². The number of aliphatic hydroxyl groups is 6. The van der Waals surface area contributed by atoms with Gasteiger partial charge in [0, 0.05) is 0 Å². The van der Waals surface area contributed by atoms with Gasteiger partial charge in [-0.05, 0) is 25.7 Å². The first kappa shape index (κ1) is 75.8. The van der Waals surface area contributed by atoms with E-state index in [1.54, 1.807) is 0 Å². The normalized spacial score (nSPS) is 15.2. The van der Waals surface area contributed by atoms with E-state index in [4.69, 9.17) is 0 Å². The molecule has 6 nitrogen and oxygen atoms in total. The summed E-state index contributed by atoms with van der Waals surface area (Å²) in [6.07, 6.45) is 63.6. The maximum atomic E-state index is 12.5. The molecule has 0 aliphatic carbocycles. The second kappa shape index (κ2) is 58.0. The maximum Gasteiger partial charge on any atom is 0.119 e. The summed E-state index contributed by atoms with van der Waals surface area (Å²) in [5.74, 6) is 0. The first-order valence-electron chi connectivity index (χ1n) is 35.3. The minimum absolute atomic E-state index is 0.160. The van der Waals surface area contributed by atoms with Crippen LogP contribution in [0.5, 0.6) is 0 Å². The summed E-state index contributed by atoms with van der Waals surface area (Å²) in [5.41, 5.74) is -3.96. The SMILES string of the molecule is CCCCCCCCCCCCCCCCC(O)[C@](O)(CCCCCCCCCCCCCCCC)[C@@H](O)[C@H](O)[C@@](O)(CCCCCCCCCCCCCCCC)C(O)CCCCCCCCCCCCCCCC.